The van der Waals surface area contributed by atoms with E-state index in [4.69, 9.17) is 10.5 Å². The number of hydrogen-bond acceptors (Lipinski definition) is 4. The monoisotopic (exact) mass is 355 g/mol. The number of nitrogens with two attached hydrogens (primary N) is 1. The number of ether oxygens (including phenoxy) is 1. The summed E-state index contributed by atoms with van der Waals surface area (Å²) in [6.45, 7) is 0.0852. The normalized spacial score (nSPS) is 11.2. The van der Waals surface area contributed by atoms with Gasteiger partial charge in [-0.05, 0) is 36.4 Å². The molecule has 0 aliphatic rings. The molecule has 20 heavy (non-hydrogen) atoms. The van der Waals surface area contributed by atoms with Gasteiger partial charge in [0.15, 0.2) is 9.84 Å². The van der Waals surface area contributed by atoms with Gasteiger partial charge in [0.05, 0.1) is 10.6 Å². The van der Waals surface area contributed by atoms with Crippen LogP contribution in [-0.2, 0) is 9.84 Å². The van der Waals surface area contributed by atoms with Gasteiger partial charge in [0.1, 0.15) is 12.4 Å². The number of sulfone groups is 1. The summed E-state index contributed by atoms with van der Waals surface area (Å²) in [6, 6.07) is 13.4. The molecule has 0 bridgehead atoms. The molecule has 0 heterocycles. The second-order valence-corrected chi connectivity index (χ2v) is 7.22. The third-order valence-corrected chi connectivity index (χ3v) is 4.87. The van der Waals surface area contributed by atoms with Crippen LogP contribution in [0.4, 0.5) is 5.69 Å². The zero-order valence-corrected chi connectivity index (χ0v) is 13.0. The summed E-state index contributed by atoms with van der Waals surface area (Å²) in [5.41, 5.74) is 6.20. The number of halogens is 1. The second-order valence-electron chi connectivity index (χ2n) is 4.19. The third kappa shape index (κ3) is 3.98. The van der Waals surface area contributed by atoms with Crippen molar-refractivity contribution < 1.29 is 13.2 Å². The van der Waals surface area contributed by atoms with Crippen molar-refractivity contribution in [2.75, 3.05) is 18.1 Å². The summed E-state index contributed by atoms with van der Waals surface area (Å²) in [5.74, 6) is 0.486. The molecule has 6 heteroatoms. The van der Waals surface area contributed by atoms with E-state index in [0.717, 1.165) is 4.47 Å². The minimum atomic E-state index is -3.33. The maximum absolute atomic E-state index is 12.1. The number of benzene rings is 2. The van der Waals surface area contributed by atoms with Gasteiger partial charge in [0.2, 0.25) is 0 Å². The lowest BCUT2D eigenvalue weighted by Gasteiger charge is -2.08. The molecule has 0 saturated heterocycles. The van der Waals surface area contributed by atoms with Gasteiger partial charge in [-0.15, -0.1) is 0 Å². The molecule has 0 atom stereocenters. The maximum Gasteiger partial charge on any atom is 0.181 e. The fourth-order valence-electron chi connectivity index (χ4n) is 1.63. The van der Waals surface area contributed by atoms with Crippen molar-refractivity contribution in [3.05, 3.63) is 53.0 Å². The largest absolute Gasteiger partial charge is 0.492 e. The predicted molar refractivity (Wildman–Crippen MR) is 82.5 cm³/mol. The maximum atomic E-state index is 12.1. The molecule has 4 nitrogen and oxygen atoms in total. The molecule has 0 saturated carbocycles. The zero-order valence-electron chi connectivity index (χ0n) is 10.6. The van der Waals surface area contributed by atoms with Crippen molar-refractivity contribution in [3.63, 3.8) is 0 Å². The van der Waals surface area contributed by atoms with Crippen LogP contribution < -0.4 is 10.5 Å². The Hall–Kier alpha value is -1.53. The Morgan fingerprint density at radius 2 is 1.80 bits per heavy atom. The van der Waals surface area contributed by atoms with E-state index < -0.39 is 9.84 Å². The molecule has 2 N–H and O–H groups in total. The molecule has 2 rings (SSSR count). The smallest absolute Gasteiger partial charge is 0.181 e. The molecule has 0 radical (unpaired) electrons. The van der Waals surface area contributed by atoms with Crippen molar-refractivity contribution in [1.29, 1.82) is 0 Å². The van der Waals surface area contributed by atoms with E-state index in [1.165, 1.54) is 0 Å². The van der Waals surface area contributed by atoms with Crippen LogP contribution in [0.15, 0.2) is 57.9 Å². The van der Waals surface area contributed by atoms with E-state index in [0.29, 0.717) is 11.4 Å². The van der Waals surface area contributed by atoms with E-state index in [1.54, 1.807) is 48.5 Å². The Bertz CT molecular complexity index is 684. The third-order valence-electron chi connectivity index (χ3n) is 2.65. The van der Waals surface area contributed by atoms with Crippen LogP contribution in [0.25, 0.3) is 0 Å². The van der Waals surface area contributed by atoms with Gasteiger partial charge in [0, 0.05) is 16.2 Å². The average molecular weight is 356 g/mol. The number of rotatable bonds is 5. The lowest BCUT2D eigenvalue weighted by molar-refractivity contribution is 0.341. The van der Waals surface area contributed by atoms with Crippen molar-refractivity contribution in [3.8, 4) is 5.75 Å². The Morgan fingerprint density at radius 1 is 1.10 bits per heavy atom. The van der Waals surface area contributed by atoms with Crippen LogP contribution in [0.3, 0.4) is 0 Å². The van der Waals surface area contributed by atoms with Gasteiger partial charge >= 0.3 is 0 Å². The summed E-state index contributed by atoms with van der Waals surface area (Å²) in [5, 5.41) is 0. The van der Waals surface area contributed by atoms with Gasteiger partial charge in [-0.2, -0.15) is 0 Å². The highest BCUT2D eigenvalue weighted by Gasteiger charge is 2.14. The van der Waals surface area contributed by atoms with Gasteiger partial charge in [-0.1, -0.05) is 22.0 Å². The molecule has 0 aliphatic carbocycles. The topological polar surface area (TPSA) is 69.4 Å². The van der Waals surface area contributed by atoms with E-state index >= 15 is 0 Å². The molecule has 0 unspecified atom stereocenters. The van der Waals surface area contributed by atoms with Crippen LogP contribution in [0, 0.1) is 0 Å². The van der Waals surface area contributed by atoms with Crippen molar-refractivity contribution >= 4 is 31.5 Å². The Kier molecular flexibility index (Phi) is 4.67. The Balaban J connectivity index is 1.98. The first-order chi connectivity index (χ1) is 9.47. The van der Waals surface area contributed by atoms with Crippen LogP contribution in [0.2, 0.25) is 0 Å². The van der Waals surface area contributed by atoms with Crippen molar-refractivity contribution in [2.24, 2.45) is 0 Å². The fourth-order valence-corrected chi connectivity index (χ4v) is 2.99. The molecule has 0 aromatic heterocycles. The molecule has 2 aromatic carbocycles. The molecule has 0 spiro atoms. The fraction of sp³-hybridized carbons (Fsp3) is 0.143. The summed E-state index contributed by atoms with van der Waals surface area (Å²) in [7, 11) is -3.33. The van der Waals surface area contributed by atoms with E-state index in [9.17, 15) is 8.42 Å². The molecule has 106 valence electrons. The van der Waals surface area contributed by atoms with E-state index in [1.807, 2.05) is 0 Å². The van der Waals surface area contributed by atoms with Crippen molar-refractivity contribution in [1.82, 2.24) is 0 Å². The van der Waals surface area contributed by atoms with Gasteiger partial charge in [-0.25, -0.2) is 8.42 Å². The summed E-state index contributed by atoms with van der Waals surface area (Å²) in [6.07, 6.45) is 0. The number of nitrogen functional groups attached to an aromatic ring is 1. The Labute approximate surface area is 126 Å². The first kappa shape index (κ1) is 14.9. The SMILES string of the molecule is Nc1cccc(OCCS(=O)(=O)c2ccc(Br)cc2)c1. The molecule has 0 amide bonds. The molecule has 0 aliphatic heterocycles. The lowest BCUT2D eigenvalue weighted by atomic mass is 10.3. The number of anilines is 1. The highest BCUT2D eigenvalue weighted by molar-refractivity contribution is 9.10. The summed E-state index contributed by atoms with van der Waals surface area (Å²) in [4.78, 5) is 0.289. The van der Waals surface area contributed by atoms with E-state index in [2.05, 4.69) is 15.9 Å². The van der Waals surface area contributed by atoms with Crippen molar-refractivity contribution in [2.45, 2.75) is 4.90 Å². The summed E-state index contributed by atoms with van der Waals surface area (Å²) >= 11 is 3.27. The van der Waals surface area contributed by atoms with Crippen LogP contribution >= 0.6 is 15.9 Å². The van der Waals surface area contributed by atoms with E-state index in [-0.39, 0.29) is 17.3 Å². The molecule has 0 fully saturated rings. The van der Waals surface area contributed by atoms with Crippen LogP contribution in [-0.4, -0.2) is 20.8 Å². The summed E-state index contributed by atoms with van der Waals surface area (Å²) < 4.78 is 30.4. The molecule has 2 aromatic rings. The standard InChI is InChI=1S/C14H14BrNO3S/c15-11-4-6-14(7-5-11)20(17,18)9-8-19-13-3-1-2-12(16)10-13/h1-7,10H,8-9,16H2. The average Bonchev–Trinajstić information content (AvgIpc) is 2.39. The zero-order chi connectivity index (χ0) is 14.6. The van der Waals surface area contributed by atoms with Gasteiger partial charge in [0.25, 0.3) is 0 Å². The lowest BCUT2D eigenvalue weighted by Crippen LogP contribution is -2.14. The minimum absolute atomic E-state index is 0.0799. The molecular formula is C14H14BrNO3S. The highest BCUT2D eigenvalue weighted by atomic mass is 79.9. The quantitative estimate of drug-likeness (QED) is 0.837. The Morgan fingerprint density at radius 3 is 2.45 bits per heavy atom. The minimum Gasteiger partial charge on any atom is -0.492 e. The molecular weight excluding hydrogens is 342 g/mol. The number of hydrogen-bond donors (Lipinski definition) is 1. The van der Waals surface area contributed by atoms with Gasteiger partial charge < -0.3 is 10.5 Å². The first-order valence-corrected chi connectivity index (χ1v) is 8.38. The first-order valence-electron chi connectivity index (χ1n) is 5.94. The predicted octanol–water partition coefficient (Wildman–Crippen LogP) is 2.88. The second kappa shape index (κ2) is 6.28. The van der Waals surface area contributed by atoms with Crippen LogP contribution in [0.5, 0.6) is 5.75 Å². The van der Waals surface area contributed by atoms with Gasteiger partial charge in [-0.3, -0.25) is 0 Å². The highest BCUT2D eigenvalue weighted by Crippen LogP contribution is 2.17. The van der Waals surface area contributed by atoms with Crippen LogP contribution in [0.1, 0.15) is 0 Å².